The number of ether oxygens (including phenoxy) is 2. The first-order valence-corrected chi connectivity index (χ1v) is 10.9. The van der Waals surface area contributed by atoms with Crippen LogP contribution in [0.1, 0.15) is 36.5 Å². The van der Waals surface area contributed by atoms with Crippen molar-refractivity contribution >= 4 is 15.9 Å². The van der Waals surface area contributed by atoms with Gasteiger partial charge in [0.15, 0.2) is 11.5 Å². The van der Waals surface area contributed by atoms with Crippen molar-refractivity contribution in [3.63, 3.8) is 0 Å². The Morgan fingerprint density at radius 1 is 1.18 bits per heavy atom. The molecular weight excluding hydrogens is 416 g/mol. The molecule has 1 atom stereocenters. The molecule has 0 radical (unpaired) electrons. The maximum Gasteiger partial charge on any atom is 0.175 e. The standard InChI is InChI=1S/C23H31BrN2O2/c1-4-26-11-5-6-20(26)15-25-14-19-12-21(24)23(22(13-19)27-3)28-16-18-9-7-17(2)8-10-18/h7-10,12-13,20,25H,4-6,11,14-16H2,1-3H3/t20-/m1/s1. The van der Waals surface area contributed by atoms with Gasteiger partial charge in [-0.2, -0.15) is 0 Å². The average Bonchev–Trinajstić information content (AvgIpc) is 3.15. The van der Waals surface area contributed by atoms with E-state index in [2.05, 4.69) is 76.4 Å². The second-order valence-corrected chi connectivity index (χ2v) is 8.29. The number of benzene rings is 2. The van der Waals surface area contributed by atoms with Crippen LogP contribution in [0.25, 0.3) is 0 Å². The molecule has 3 rings (SSSR count). The summed E-state index contributed by atoms with van der Waals surface area (Å²) in [7, 11) is 1.69. The Morgan fingerprint density at radius 3 is 2.68 bits per heavy atom. The second-order valence-electron chi connectivity index (χ2n) is 7.44. The van der Waals surface area contributed by atoms with Crippen molar-refractivity contribution in [2.75, 3.05) is 26.7 Å². The van der Waals surface area contributed by atoms with Gasteiger partial charge in [0.05, 0.1) is 11.6 Å². The summed E-state index contributed by atoms with van der Waals surface area (Å²) in [5.41, 5.74) is 3.58. The van der Waals surface area contributed by atoms with E-state index in [1.807, 2.05) is 0 Å². The van der Waals surface area contributed by atoms with E-state index in [1.165, 1.54) is 30.5 Å². The molecule has 1 fully saturated rings. The Labute approximate surface area is 177 Å². The summed E-state index contributed by atoms with van der Waals surface area (Å²) < 4.78 is 12.6. The summed E-state index contributed by atoms with van der Waals surface area (Å²) in [4.78, 5) is 2.56. The Kier molecular flexibility index (Phi) is 7.77. The molecule has 0 amide bonds. The van der Waals surface area contributed by atoms with Crippen molar-refractivity contribution in [1.29, 1.82) is 0 Å². The van der Waals surface area contributed by atoms with Crippen LogP contribution in [-0.4, -0.2) is 37.7 Å². The highest BCUT2D eigenvalue weighted by atomic mass is 79.9. The molecule has 1 aliphatic rings. The Hall–Kier alpha value is -1.56. The number of nitrogens with one attached hydrogen (secondary N) is 1. The number of aryl methyl sites for hydroxylation is 1. The van der Waals surface area contributed by atoms with Crippen LogP contribution >= 0.6 is 15.9 Å². The first-order chi connectivity index (χ1) is 13.6. The third-order valence-electron chi connectivity index (χ3n) is 5.41. The van der Waals surface area contributed by atoms with Crippen molar-refractivity contribution < 1.29 is 9.47 Å². The van der Waals surface area contributed by atoms with Gasteiger partial charge in [-0.3, -0.25) is 4.90 Å². The zero-order chi connectivity index (χ0) is 19.9. The van der Waals surface area contributed by atoms with Crippen LogP contribution in [0.5, 0.6) is 11.5 Å². The van der Waals surface area contributed by atoms with Crippen LogP contribution in [0, 0.1) is 6.92 Å². The van der Waals surface area contributed by atoms with Gasteiger partial charge in [0.2, 0.25) is 0 Å². The smallest absolute Gasteiger partial charge is 0.175 e. The minimum atomic E-state index is 0.515. The van der Waals surface area contributed by atoms with Crippen molar-refractivity contribution in [2.45, 2.75) is 45.9 Å². The van der Waals surface area contributed by atoms with Crippen molar-refractivity contribution in [1.82, 2.24) is 10.2 Å². The summed E-state index contributed by atoms with van der Waals surface area (Å²) >= 11 is 3.66. The number of hydrogen-bond acceptors (Lipinski definition) is 4. The van der Waals surface area contributed by atoms with Gasteiger partial charge >= 0.3 is 0 Å². The van der Waals surface area contributed by atoms with Gasteiger partial charge < -0.3 is 14.8 Å². The zero-order valence-electron chi connectivity index (χ0n) is 17.1. The lowest BCUT2D eigenvalue weighted by Crippen LogP contribution is -2.37. The van der Waals surface area contributed by atoms with Crippen molar-refractivity contribution in [3.8, 4) is 11.5 Å². The molecule has 28 heavy (non-hydrogen) atoms. The predicted molar refractivity (Wildman–Crippen MR) is 118 cm³/mol. The quantitative estimate of drug-likeness (QED) is 0.592. The van der Waals surface area contributed by atoms with Crippen LogP contribution < -0.4 is 14.8 Å². The molecule has 4 nitrogen and oxygen atoms in total. The highest BCUT2D eigenvalue weighted by Gasteiger charge is 2.22. The number of likely N-dealkylation sites (tertiary alicyclic amines) is 1. The van der Waals surface area contributed by atoms with Gasteiger partial charge in [-0.15, -0.1) is 0 Å². The van der Waals surface area contributed by atoms with E-state index >= 15 is 0 Å². The van der Waals surface area contributed by atoms with E-state index in [1.54, 1.807) is 7.11 Å². The Bertz CT molecular complexity index is 764. The normalized spacial score (nSPS) is 17.1. The van der Waals surface area contributed by atoms with Crippen LogP contribution in [-0.2, 0) is 13.2 Å². The van der Waals surface area contributed by atoms with Crippen LogP contribution in [0.3, 0.4) is 0 Å². The minimum absolute atomic E-state index is 0.515. The van der Waals surface area contributed by atoms with Gasteiger partial charge in [-0.05, 0) is 72.0 Å². The first-order valence-electron chi connectivity index (χ1n) is 10.1. The lowest BCUT2D eigenvalue weighted by atomic mass is 10.1. The second kappa shape index (κ2) is 10.3. The van der Waals surface area contributed by atoms with E-state index in [0.717, 1.165) is 41.2 Å². The minimum Gasteiger partial charge on any atom is -0.493 e. The van der Waals surface area contributed by atoms with Crippen LogP contribution in [0.2, 0.25) is 0 Å². The fourth-order valence-corrected chi connectivity index (χ4v) is 4.38. The van der Waals surface area contributed by atoms with E-state index < -0.39 is 0 Å². The summed E-state index contributed by atoms with van der Waals surface area (Å²) in [6.45, 7) is 9.06. The number of likely N-dealkylation sites (N-methyl/N-ethyl adjacent to an activating group) is 1. The molecule has 1 saturated heterocycles. The highest BCUT2D eigenvalue weighted by Crippen LogP contribution is 2.37. The first kappa shape index (κ1) is 21.2. The highest BCUT2D eigenvalue weighted by molar-refractivity contribution is 9.10. The molecule has 0 aromatic heterocycles. The van der Waals surface area contributed by atoms with Crippen molar-refractivity contribution in [3.05, 3.63) is 57.6 Å². The predicted octanol–water partition coefficient (Wildman–Crippen LogP) is 4.92. The summed E-state index contributed by atoms with van der Waals surface area (Å²) in [5, 5.41) is 3.61. The number of halogens is 1. The molecule has 152 valence electrons. The topological polar surface area (TPSA) is 33.7 Å². The molecule has 0 saturated carbocycles. The lowest BCUT2D eigenvalue weighted by Gasteiger charge is -2.23. The molecule has 5 heteroatoms. The molecule has 2 aromatic rings. The van der Waals surface area contributed by atoms with E-state index in [0.29, 0.717) is 12.6 Å². The molecule has 1 heterocycles. The SMILES string of the molecule is CCN1CCC[C@@H]1CNCc1cc(Br)c(OCc2ccc(C)cc2)c(OC)c1. The van der Waals surface area contributed by atoms with Crippen LogP contribution in [0.15, 0.2) is 40.9 Å². The van der Waals surface area contributed by atoms with Crippen molar-refractivity contribution in [2.24, 2.45) is 0 Å². The van der Waals surface area contributed by atoms with Gasteiger partial charge in [0.25, 0.3) is 0 Å². The fourth-order valence-electron chi connectivity index (χ4n) is 3.78. The lowest BCUT2D eigenvalue weighted by molar-refractivity contribution is 0.259. The number of methoxy groups -OCH3 is 1. The molecule has 0 unspecified atom stereocenters. The molecule has 0 aliphatic carbocycles. The largest absolute Gasteiger partial charge is 0.493 e. The zero-order valence-corrected chi connectivity index (χ0v) is 18.7. The Balaban J connectivity index is 1.59. The maximum atomic E-state index is 6.06. The third kappa shape index (κ3) is 5.49. The summed E-state index contributed by atoms with van der Waals surface area (Å²) in [6.07, 6.45) is 2.60. The average molecular weight is 447 g/mol. The van der Waals surface area contributed by atoms with E-state index in [9.17, 15) is 0 Å². The molecule has 1 aliphatic heterocycles. The monoisotopic (exact) mass is 446 g/mol. The summed E-state index contributed by atoms with van der Waals surface area (Å²) in [5.74, 6) is 1.51. The van der Waals surface area contributed by atoms with Gasteiger partial charge in [-0.1, -0.05) is 36.8 Å². The molecule has 1 N–H and O–H groups in total. The van der Waals surface area contributed by atoms with E-state index in [-0.39, 0.29) is 0 Å². The molecule has 2 aromatic carbocycles. The Morgan fingerprint density at radius 2 is 1.96 bits per heavy atom. The molecule has 0 bridgehead atoms. The fraction of sp³-hybridized carbons (Fsp3) is 0.478. The van der Waals surface area contributed by atoms with Gasteiger partial charge in [0.1, 0.15) is 6.61 Å². The van der Waals surface area contributed by atoms with E-state index in [4.69, 9.17) is 9.47 Å². The molecular formula is C23H31BrN2O2. The maximum absolute atomic E-state index is 6.06. The molecule has 0 spiro atoms. The number of hydrogen-bond donors (Lipinski definition) is 1. The third-order valence-corrected chi connectivity index (χ3v) is 6.00. The van der Waals surface area contributed by atoms with Gasteiger partial charge in [-0.25, -0.2) is 0 Å². The summed E-state index contributed by atoms with van der Waals surface area (Å²) in [6, 6.07) is 13.2. The van der Waals surface area contributed by atoms with Crippen LogP contribution in [0.4, 0.5) is 0 Å². The van der Waals surface area contributed by atoms with Gasteiger partial charge in [0, 0.05) is 19.1 Å². The number of rotatable bonds is 9. The number of nitrogens with zero attached hydrogens (tertiary/aromatic N) is 1.